The number of rotatable bonds is 6. The SMILES string of the molecule is c1ccc(-c2ccc3c4ccccc4n(-c4cc(-c5ccc(-c6nc(-c7ccccc7)nc(-c7ccccc7)n6)cc5)c5sc6ccccc6c5c4)c3c2)cc1. The van der Waals surface area contributed by atoms with Crippen LogP contribution in [0.1, 0.15) is 0 Å². The summed E-state index contributed by atoms with van der Waals surface area (Å²) < 4.78 is 4.99. The molecule has 8 aromatic carbocycles. The fourth-order valence-electron chi connectivity index (χ4n) is 7.95. The Bertz CT molecular complexity index is 3160. The van der Waals surface area contributed by atoms with Crippen LogP contribution in [0, 0.1) is 0 Å². The van der Waals surface area contributed by atoms with E-state index in [0.717, 1.165) is 27.9 Å². The lowest BCUT2D eigenvalue weighted by Gasteiger charge is -2.13. The fraction of sp³-hybridized carbons (Fsp3) is 0. The van der Waals surface area contributed by atoms with Crippen LogP contribution < -0.4 is 0 Å². The minimum absolute atomic E-state index is 0.643. The van der Waals surface area contributed by atoms with Gasteiger partial charge in [0, 0.05) is 58.9 Å². The van der Waals surface area contributed by atoms with Crippen molar-refractivity contribution >= 4 is 53.3 Å². The van der Waals surface area contributed by atoms with Crippen molar-refractivity contribution < 1.29 is 0 Å². The molecule has 262 valence electrons. The van der Waals surface area contributed by atoms with Gasteiger partial charge in [-0.2, -0.15) is 0 Å². The van der Waals surface area contributed by atoms with E-state index in [1.54, 1.807) is 0 Å². The number of hydrogen-bond acceptors (Lipinski definition) is 4. The van der Waals surface area contributed by atoms with Gasteiger partial charge < -0.3 is 4.57 Å². The van der Waals surface area contributed by atoms with Crippen molar-refractivity contribution in [1.29, 1.82) is 0 Å². The van der Waals surface area contributed by atoms with E-state index in [-0.39, 0.29) is 0 Å². The molecule has 0 unspecified atom stereocenters. The van der Waals surface area contributed by atoms with Crippen LogP contribution in [0.25, 0.3) is 104 Å². The molecular weight excluding hydrogens is 701 g/mol. The lowest BCUT2D eigenvalue weighted by atomic mass is 10.00. The van der Waals surface area contributed by atoms with E-state index < -0.39 is 0 Å². The molecule has 0 saturated carbocycles. The third-order valence-electron chi connectivity index (χ3n) is 10.7. The van der Waals surface area contributed by atoms with Crippen LogP contribution in [-0.4, -0.2) is 19.5 Å². The summed E-state index contributed by atoms with van der Waals surface area (Å²) in [4.78, 5) is 14.9. The zero-order valence-electron chi connectivity index (χ0n) is 30.2. The van der Waals surface area contributed by atoms with Crippen molar-refractivity contribution in [2.45, 2.75) is 0 Å². The zero-order chi connectivity index (χ0) is 37.0. The Morgan fingerprint density at radius 3 is 1.50 bits per heavy atom. The molecule has 0 aliphatic rings. The maximum Gasteiger partial charge on any atom is 0.164 e. The van der Waals surface area contributed by atoms with Gasteiger partial charge in [0.05, 0.1) is 11.0 Å². The molecule has 11 rings (SSSR count). The van der Waals surface area contributed by atoms with Gasteiger partial charge in [0.1, 0.15) is 0 Å². The molecule has 5 heteroatoms. The van der Waals surface area contributed by atoms with Crippen LogP contribution in [0.4, 0.5) is 0 Å². The van der Waals surface area contributed by atoms with Gasteiger partial charge in [-0.3, -0.25) is 0 Å². The third-order valence-corrected chi connectivity index (χ3v) is 11.9. The highest BCUT2D eigenvalue weighted by molar-refractivity contribution is 7.26. The van der Waals surface area contributed by atoms with E-state index in [1.807, 2.05) is 72.0 Å². The van der Waals surface area contributed by atoms with Crippen molar-refractivity contribution in [3.8, 4) is 62.1 Å². The monoisotopic (exact) mass is 732 g/mol. The Balaban J connectivity index is 1.10. The third kappa shape index (κ3) is 5.48. The molecule has 0 aliphatic carbocycles. The zero-order valence-corrected chi connectivity index (χ0v) is 31.0. The number of fused-ring (bicyclic) bond motifs is 6. The quantitative estimate of drug-likeness (QED) is 0.171. The normalized spacial score (nSPS) is 11.6. The summed E-state index contributed by atoms with van der Waals surface area (Å²) in [5.41, 5.74) is 11.1. The van der Waals surface area contributed by atoms with Crippen molar-refractivity contribution in [2.24, 2.45) is 0 Å². The van der Waals surface area contributed by atoms with E-state index in [9.17, 15) is 0 Å². The molecule has 0 atom stereocenters. The van der Waals surface area contributed by atoms with Crippen molar-refractivity contribution in [3.63, 3.8) is 0 Å². The van der Waals surface area contributed by atoms with E-state index >= 15 is 0 Å². The molecular formula is C51H32N4S. The van der Waals surface area contributed by atoms with Crippen LogP contribution in [0.15, 0.2) is 194 Å². The second-order valence-electron chi connectivity index (χ2n) is 14.0. The number of benzene rings is 8. The van der Waals surface area contributed by atoms with Gasteiger partial charge in [-0.1, -0.05) is 164 Å². The highest BCUT2D eigenvalue weighted by Crippen LogP contribution is 2.44. The molecule has 0 amide bonds. The molecule has 0 saturated heterocycles. The molecule has 3 heterocycles. The number of thiophene rings is 1. The van der Waals surface area contributed by atoms with Gasteiger partial charge in [0.15, 0.2) is 17.5 Å². The summed E-state index contributed by atoms with van der Waals surface area (Å²) in [5, 5.41) is 5.00. The van der Waals surface area contributed by atoms with Crippen molar-refractivity contribution in [3.05, 3.63) is 194 Å². The van der Waals surface area contributed by atoms with E-state index in [2.05, 4.69) is 138 Å². The first kappa shape index (κ1) is 32.2. The van der Waals surface area contributed by atoms with Crippen LogP contribution in [0.5, 0.6) is 0 Å². The molecule has 0 N–H and O–H groups in total. The fourth-order valence-corrected chi connectivity index (χ4v) is 9.17. The Labute approximate surface area is 327 Å². The molecule has 4 nitrogen and oxygen atoms in total. The summed E-state index contributed by atoms with van der Waals surface area (Å²) in [6.07, 6.45) is 0. The number of para-hydroxylation sites is 1. The minimum atomic E-state index is 0.643. The number of nitrogens with zero attached hydrogens (tertiary/aromatic N) is 4. The summed E-state index contributed by atoms with van der Waals surface area (Å²) in [7, 11) is 0. The second-order valence-corrected chi connectivity index (χ2v) is 15.1. The Morgan fingerprint density at radius 1 is 0.339 bits per heavy atom. The first-order chi connectivity index (χ1) is 27.7. The number of hydrogen-bond donors (Lipinski definition) is 0. The average molecular weight is 733 g/mol. The molecule has 0 spiro atoms. The van der Waals surface area contributed by atoms with Crippen LogP contribution in [-0.2, 0) is 0 Å². The Morgan fingerprint density at radius 2 is 0.839 bits per heavy atom. The van der Waals surface area contributed by atoms with Crippen molar-refractivity contribution in [1.82, 2.24) is 19.5 Å². The average Bonchev–Trinajstić information content (AvgIpc) is 3.82. The van der Waals surface area contributed by atoms with Crippen LogP contribution >= 0.6 is 11.3 Å². The first-order valence-electron chi connectivity index (χ1n) is 18.8. The van der Waals surface area contributed by atoms with Gasteiger partial charge in [-0.05, 0) is 47.0 Å². The number of aromatic nitrogens is 4. The van der Waals surface area contributed by atoms with Gasteiger partial charge in [-0.15, -0.1) is 11.3 Å². The van der Waals surface area contributed by atoms with Crippen LogP contribution in [0.3, 0.4) is 0 Å². The Kier molecular flexibility index (Phi) is 7.64. The highest BCUT2D eigenvalue weighted by Gasteiger charge is 2.19. The van der Waals surface area contributed by atoms with E-state index in [4.69, 9.17) is 15.0 Å². The van der Waals surface area contributed by atoms with Gasteiger partial charge in [0.2, 0.25) is 0 Å². The molecule has 3 aromatic heterocycles. The van der Waals surface area contributed by atoms with Gasteiger partial charge in [-0.25, -0.2) is 15.0 Å². The van der Waals surface area contributed by atoms with Crippen LogP contribution in [0.2, 0.25) is 0 Å². The van der Waals surface area contributed by atoms with E-state index in [1.165, 1.54) is 58.7 Å². The van der Waals surface area contributed by atoms with Crippen molar-refractivity contribution in [2.75, 3.05) is 0 Å². The smallest absolute Gasteiger partial charge is 0.164 e. The molecule has 0 bridgehead atoms. The first-order valence-corrected chi connectivity index (χ1v) is 19.6. The lowest BCUT2D eigenvalue weighted by Crippen LogP contribution is -2.00. The highest BCUT2D eigenvalue weighted by atomic mass is 32.1. The minimum Gasteiger partial charge on any atom is -0.309 e. The van der Waals surface area contributed by atoms with E-state index in [0.29, 0.717) is 17.5 Å². The molecule has 0 radical (unpaired) electrons. The molecule has 0 fully saturated rings. The maximum absolute atomic E-state index is 4.99. The van der Waals surface area contributed by atoms with Gasteiger partial charge >= 0.3 is 0 Å². The summed E-state index contributed by atoms with van der Waals surface area (Å²) in [5.74, 6) is 1.95. The largest absolute Gasteiger partial charge is 0.309 e. The van der Waals surface area contributed by atoms with Gasteiger partial charge in [0.25, 0.3) is 0 Å². The predicted molar refractivity (Wildman–Crippen MR) is 234 cm³/mol. The summed E-state index contributed by atoms with van der Waals surface area (Å²) in [6, 6.07) is 68.7. The molecule has 11 aromatic rings. The predicted octanol–water partition coefficient (Wildman–Crippen LogP) is 13.7. The summed E-state index contributed by atoms with van der Waals surface area (Å²) >= 11 is 1.85. The summed E-state index contributed by atoms with van der Waals surface area (Å²) in [6.45, 7) is 0. The maximum atomic E-state index is 4.99. The second kappa shape index (κ2) is 13.3. The lowest BCUT2D eigenvalue weighted by molar-refractivity contribution is 1.07. The Hall–Kier alpha value is -7.21. The standard InChI is InChI=1S/C51H32N4S/c1-4-14-33(15-5-1)38-28-29-41-40-20-10-12-22-45(40)55(46(41)30-38)39-31-43(48-44(32-39)42-21-11-13-23-47(42)56-48)34-24-26-37(27-25-34)51-53-49(35-16-6-2-7-17-35)52-50(54-51)36-18-8-3-9-19-36/h1-32H. The molecule has 56 heavy (non-hydrogen) atoms. The topological polar surface area (TPSA) is 43.6 Å². The molecule has 0 aliphatic heterocycles.